The summed E-state index contributed by atoms with van der Waals surface area (Å²) in [5, 5.41) is 0. The van der Waals surface area contributed by atoms with Gasteiger partial charge in [-0.05, 0) is 46.3 Å². The summed E-state index contributed by atoms with van der Waals surface area (Å²) in [7, 11) is 0. The second-order valence-corrected chi connectivity index (χ2v) is 14.2. The highest BCUT2D eigenvalue weighted by Gasteiger charge is 2.15. The van der Waals surface area contributed by atoms with Crippen molar-refractivity contribution in [1.29, 1.82) is 0 Å². The summed E-state index contributed by atoms with van der Waals surface area (Å²) < 4.78 is 0. The van der Waals surface area contributed by atoms with Gasteiger partial charge in [-0.25, -0.2) is 0 Å². The van der Waals surface area contributed by atoms with Crippen molar-refractivity contribution in [3.63, 3.8) is 0 Å². The molecule has 0 spiro atoms. The van der Waals surface area contributed by atoms with E-state index in [1.54, 1.807) is 0 Å². The van der Waals surface area contributed by atoms with Crippen molar-refractivity contribution in [3.05, 3.63) is 215 Å². The van der Waals surface area contributed by atoms with E-state index in [0.717, 1.165) is 85.0 Å². The van der Waals surface area contributed by atoms with E-state index in [4.69, 9.17) is 0 Å². The fourth-order valence-corrected chi connectivity index (χ4v) is 7.10. The highest BCUT2D eigenvalue weighted by molar-refractivity contribution is 5.19. The zero-order valence-corrected chi connectivity index (χ0v) is 31.3. The Morgan fingerprint density at radius 2 is 0.396 bits per heavy atom. The molecule has 0 atom stereocenters. The Balaban J connectivity index is 1.13. The molecule has 0 aliphatic heterocycles. The molecule has 0 N–H and O–H groups in total. The highest BCUT2D eigenvalue weighted by atomic mass is 15.2. The molecule has 6 aromatic rings. The Kier molecular flexibility index (Phi) is 15.5. The van der Waals surface area contributed by atoms with Gasteiger partial charge in [0.25, 0.3) is 0 Å². The maximum absolute atomic E-state index is 2.68. The number of rotatable bonds is 22. The van der Waals surface area contributed by atoms with Crippen molar-refractivity contribution < 1.29 is 0 Å². The lowest BCUT2D eigenvalue weighted by atomic mass is 10.1. The van der Waals surface area contributed by atoms with Crippen LogP contribution in [0.5, 0.6) is 0 Å². The van der Waals surface area contributed by atoms with Gasteiger partial charge in [-0.15, -0.1) is 0 Å². The van der Waals surface area contributed by atoms with Crippen molar-refractivity contribution >= 4 is 0 Å². The smallest absolute Gasteiger partial charge is 0.0237 e. The SMILES string of the molecule is c1ccc(CN(CCCN(Cc2ccccc2)Cc2ccccc2)CCN(CCN(Cc2ccccc2)Cc2ccccc2)Cc2ccccc2)cc1. The summed E-state index contributed by atoms with van der Waals surface area (Å²) in [4.78, 5) is 10.6. The Bertz CT molecular complexity index is 1720. The molecule has 0 amide bonds. The first-order valence-electron chi connectivity index (χ1n) is 19.4. The van der Waals surface area contributed by atoms with Crippen LogP contribution in [0, 0.1) is 0 Å². The van der Waals surface area contributed by atoms with Crippen molar-refractivity contribution in [2.24, 2.45) is 0 Å². The van der Waals surface area contributed by atoms with Crippen molar-refractivity contribution in [2.75, 3.05) is 39.3 Å². The molecule has 0 bridgehead atoms. The molecule has 0 aliphatic carbocycles. The van der Waals surface area contributed by atoms with Crippen LogP contribution in [0.15, 0.2) is 182 Å². The lowest BCUT2D eigenvalue weighted by molar-refractivity contribution is 0.156. The van der Waals surface area contributed by atoms with Gasteiger partial charge in [0.2, 0.25) is 0 Å². The third-order valence-corrected chi connectivity index (χ3v) is 9.91. The molecule has 0 saturated carbocycles. The van der Waals surface area contributed by atoms with Crippen LogP contribution >= 0.6 is 0 Å². The fraction of sp³-hybridized carbons (Fsp3) is 0.265. The van der Waals surface area contributed by atoms with Gasteiger partial charge in [0, 0.05) is 72.0 Å². The number of hydrogen-bond donors (Lipinski definition) is 0. The third-order valence-electron chi connectivity index (χ3n) is 9.91. The quantitative estimate of drug-likeness (QED) is 0.0699. The van der Waals surface area contributed by atoms with Gasteiger partial charge >= 0.3 is 0 Å². The van der Waals surface area contributed by atoms with E-state index in [2.05, 4.69) is 202 Å². The predicted octanol–water partition coefficient (Wildman–Crippen LogP) is 9.79. The maximum Gasteiger partial charge on any atom is 0.0237 e. The Hall–Kier alpha value is -4.84. The first kappa shape index (κ1) is 37.9. The second kappa shape index (κ2) is 21.6. The van der Waals surface area contributed by atoms with Gasteiger partial charge < -0.3 is 0 Å². The highest BCUT2D eigenvalue weighted by Crippen LogP contribution is 2.15. The molecule has 6 rings (SSSR count). The van der Waals surface area contributed by atoms with Gasteiger partial charge in [-0.1, -0.05) is 182 Å². The van der Waals surface area contributed by atoms with Crippen LogP contribution in [0.4, 0.5) is 0 Å². The van der Waals surface area contributed by atoms with Crippen LogP contribution in [0.3, 0.4) is 0 Å². The van der Waals surface area contributed by atoms with E-state index in [0.29, 0.717) is 0 Å². The minimum absolute atomic E-state index is 0.942. The molecule has 0 aromatic heterocycles. The zero-order chi connectivity index (χ0) is 36.2. The molecule has 6 aromatic carbocycles. The molecule has 53 heavy (non-hydrogen) atoms. The van der Waals surface area contributed by atoms with Crippen molar-refractivity contribution in [2.45, 2.75) is 45.7 Å². The van der Waals surface area contributed by atoms with E-state index >= 15 is 0 Å². The molecule has 0 heterocycles. The summed E-state index contributed by atoms with van der Waals surface area (Å²) in [6.07, 6.45) is 1.12. The van der Waals surface area contributed by atoms with Crippen molar-refractivity contribution in [3.8, 4) is 0 Å². The van der Waals surface area contributed by atoms with E-state index in [1.807, 2.05) is 0 Å². The van der Waals surface area contributed by atoms with Gasteiger partial charge in [0.05, 0.1) is 0 Å². The van der Waals surface area contributed by atoms with Crippen LogP contribution in [-0.4, -0.2) is 58.9 Å². The van der Waals surface area contributed by atoms with E-state index in [1.165, 1.54) is 33.4 Å². The molecule has 4 heteroatoms. The van der Waals surface area contributed by atoms with Gasteiger partial charge in [-0.2, -0.15) is 0 Å². The zero-order valence-electron chi connectivity index (χ0n) is 31.3. The number of benzene rings is 6. The maximum atomic E-state index is 2.68. The van der Waals surface area contributed by atoms with Crippen LogP contribution < -0.4 is 0 Å². The first-order chi connectivity index (χ1) is 26.2. The summed E-state index contributed by atoms with van der Waals surface area (Å²) >= 11 is 0. The molecule has 0 unspecified atom stereocenters. The van der Waals surface area contributed by atoms with Crippen LogP contribution in [0.1, 0.15) is 39.8 Å². The van der Waals surface area contributed by atoms with E-state index in [-0.39, 0.29) is 0 Å². The standard InChI is InChI=1S/C49H56N4/c1-7-20-44(21-8-1)38-50(32-19-33-52(40-46-24-11-3-12-25-46)41-47-26-13-4-14-27-47)34-35-51(39-45-22-9-2-10-23-45)36-37-53(42-48-28-15-5-16-29-48)43-49-30-17-6-18-31-49/h1-18,20-31H,19,32-43H2. The first-order valence-corrected chi connectivity index (χ1v) is 19.4. The van der Waals surface area contributed by atoms with Crippen LogP contribution in [0.2, 0.25) is 0 Å². The van der Waals surface area contributed by atoms with E-state index in [9.17, 15) is 0 Å². The number of nitrogens with zero attached hydrogens (tertiary/aromatic N) is 4. The minimum atomic E-state index is 0.942. The van der Waals surface area contributed by atoms with E-state index < -0.39 is 0 Å². The molecular weight excluding hydrogens is 645 g/mol. The molecule has 272 valence electrons. The Morgan fingerprint density at radius 1 is 0.208 bits per heavy atom. The Labute approximate surface area is 319 Å². The lowest BCUT2D eigenvalue weighted by Crippen LogP contribution is -2.39. The normalized spacial score (nSPS) is 11.5. The van der Waals surface area contributed by atoms with Crippen LogP contribution in [-0.2, 0) is 39.3 Å². The average Bonchev–Trinajstić information content (AvgIpc) is 3.21. The van der Waals surface area contributed by atoms with Gasteiger partial charge in [0.1, 0.15) is 0 Å². The summed E-state index contributed by atoms with van der Waals surface area (Å²) in [5.41, 5.74) is 8.22. The average molecular weight is 701 g/mol. The van der Waals surface area contributed by atoms with Gasteiger partial charge in [0.15, 0.2) is 0 Å². The molecule has 0 aliphatic rings. The monoisotopic (exact) mass is 700 g/mol. The summed E-state index contributed by atoms with van der Waals surface area (Å²) in [5.74, 6) is 0. The Morgan fingerprint density at radius 3 is 0.679 bits per heavy atom. The largest absolute Gasteiger partial charge is 0.298 e. The molecule has 4 nitrogen and oxygen atoms in total. The molecule has 0 saturated heterocycles. The van der Waals surface area contributed by atoms with Crippen molar-refractivity contribution in [1.82, 2.24) is 19.6 Å². The summed E-state index contributed by atoms with van der Waals surface area (Å²) in [6.45, 7) is 11.9. The molecule has 0 fully saturated rings. The fourth-order valence-electron chi connectivity index (χ4n) is 7.10. The molecular formula is C49H56N4. The minimum Gasteiger partial charge on any atom is -0.298 e. The van der Waals surface area contributed by atoms with Crippen LogP contribution in [0.25, 0.3) is 0 Å². The predicted molar refractivity (Wildman–Crippen MR) is 222 cm³/mol. The number of hydrogen-bond acceptors (Lipinski definition) is 4. The lowest BCUT2D eigenvalue weighted by Gasteiger charge is -2.31. The summed E-state index contributed by atoms with van der Waals surface area (Å²) in [6, 6.07) is 65.7. The topological polar surface area (TPSA) is 13.0 Å². The molecule has 0 radical (unpaired) electrons. The third kappa shape index (κ3) is 13.9. The second-order valence-electron chi connectivity index (χ2n) is 14.2. The van der Waals surface area contributed by atoms with Gasteiger partial charge in [-0.3, -0.25) is 19.6 Å².